The van der Waals surface area contributed by atoms with Gasteiger partial charge in [-0.1, -0.05) is 26.0 Å². The van der Waals surface area contributed by atoms with Crippen LogP contribution in [0.15, 0.2) is 48.7 Å². The first kappa shape index (κ1) is 22.3. The van der Waals surface area contributed by atoms with Crippen molar-refractivity contribution in [3.8, 4) is 5.75 Å². The molecule has 2 fully saturated rings. The number of fused-ring (bicyclic) bond motifs is 1. The quantitative estimate of drug-likeness (QED) is 0.576. The summed E-state index contributed by atoms with van der Waals surface area (Å²) < 4.78 is 6.26. The number of ether oxygens (including phenoxy) is 1. The molecule has 5 rings (SSSR count). The average Bonchev–Trinajstić information content (AvgIpc) is 3.35. The number of nitrogens with zero attached hydrogens (tertiary/aromatic N) is 4. The molecular formula is C26H35N5O. The zero-order valence-corrected chi connectivity index (χ0v) is 19.6. The number of aromatic nitrogens is 2. The third-order valence-corrected chi connectivity index (χ3v) is 6.16. The lowest BCUT2D eigenvalue weighted by Gasteiger charge is -2.34. The summed E-state index contributed by atoms with van der Waals surface area (Å²) in [5, 5.41) is 4.35. The molecule has 32 heavy (non-hydrogen) atoms. The maximum absolute atomic E-state index is 6.26. The second-order valence-electron chi connectivity index (χ2n) is 8.37. The Hall–Kier alpha value is -2.86. The monoisotopic (exact) mass is 433 g/mol. The third-order valence-electron chi connectivity index (χ3n) is 6.16. The Labute approximate surface area is 191 Å². The lowest BCUT2D eigenvalue weighted by Crippen LogP contribution is -2.44. The Morgan fingerprint density at radius 1 is 0.938 bits per heavy atom. The van der Waals surface area contributed by atoms with E-state index >= 15 is 0 Å². The molecule has 0 radical (unpaired) electrons. The van der Waals surface area contributed by atoms with Crippen molar-refractivity contribution < 1.29 is 4.74 Å². The van der Waals surface area contributed by atoms with Gasteiger partial charge >= 0.3 is 0 Å². The highest BCUT2D eigenvalue weighted by Crippen LogP contribution is 2.30. The van der Waals surface area contributed by atoms with Crippen LogP contribution < -0.4 is 15.0 Å². The van der Waals surface area contributed by atoms with Crippen molar-refractivity contribution in [2.75, 3.05) is 43.4 Å². The molecule has 6 heteroatoms. The number of nitrogens with one attached hydrogen (secondary N) is 1. The molecule has 1 aromatic heterocycles. The zero-order chi connectivity index (χ0) is 22.3. The minimum atomic E-state index is 0.309. The Kier molecular flexibility index (Phi) is 7.43. The van der Waals surface area contributed by atoms with E-state index in [2.05, 4.69) is 51.4 Å². The highest BCUT2D eigenvalue weighted by atomic mass is 16.5. The predicted molar refractivity (Wildman–Crippen MR) is 133 cm³/mol. The molecule has 2 heterocycles. The van der Waals surface area contributed by atoms with Crippen molar-refractivity contribution in [1.82, 2.24) is 14.9 Å². The maximum atomic E-state index is 6.26. The first-order valence-electron chi connectivity index (χ1n) is 12.0. The molecule has 0 amide bonds. The molecule has 0 bridgehead atoms. The Bertz CT molecular complexity index is 993. The summed E-state index contributed by atoms with van der Waals surface area (Å²) in [6.45, 7) is 8.36. The molecule has 0 unspecified atom stereocenters. The number of benzene rings is 2. The smallest absolute Gasteiger partial charge is 0.227 e. The number of hydrogen-bond acceptors (Lipinski definition) is 6. The van der Waals surface area contributed by atoms with Gasteiger partial charge in [0.25, 0.3) is 0 Å². The molecule has 3 aromatic rings. The summed E-state index contributed by atoms with van der Waals surface area (Å²) in [5.74, 6) is 1.45. The maximum Gasteiger partial charge on any atom is 0.227 e. The Balaban J connectivity index is 0.00000119. The van der Waals surface area contributed by atoms with E-state index in [0.29, 0.717) is 12.1 Å². The van der Waals surface area contributed by atoms with E-state index in [1.54, 1.807) is 0 Å². The van der Waals surface area contributed by atoms with Gasteiger partial charge in [-0.2, -0.15) is 0 Å². The van der Waals surface area contributed by atoms with Crippen molar-refractivity contribution in [3.63, 3.8) is 0 Å². The molecule has 0 atom stereocenters. The number of likely N-dealkylation sites (N-methyl/N-ethyl adjacent to an activating group) is 1. The van der Waals surface area contributed by atoms with Gasteiger partial charge in [-0.25, -0.2) is 9.97 Å². The molecule has 2 aliphatic rings. The first-order valence-corrected chi connectivity index (χ1v) is 12.0. The van der Waals surface area contributed by atoms with Gasteiger partial charge in [-0.15, -0.1) is 0 Å². The minimum absolute atomic E-state index is 0.309. The van der Waals surface area contributed by atoms with Gasteiger partial charge in [-0.3, -0.25) is 0 Å². The van der Waals surface area contributed by atoms with Gasteiger partial charge in [-0.05, 0) is 63.1 Å². The van der Waals surface area contributed by atoms with Crippen LogP contribution in [0.2, 0.25) is 0 Å². The van der Waals surface area contributed by atoms with Crippen molar-refractivity contribution >= 4 is 28.2 Å². The number of rotatable bonds is 5. The molecule has 1 aliphatic heterocycles. The van der Waals surface area contributed by atoms with Gasteiger partial charge in [0.1, 0.15) is 11.3 Å². The fraction of sp³-hybridized carbons (Fsp3) is 0.462. The summed E-state index contributed by atoms with van der Waals surface area (Å²) in [6, 6.07) is 14.6. The van der Waals surface area contributed by atoms with E-state index in [4.69, 9.17) is 9.72 Å². The van der Waals surface area contributed by atoms with Crippen molar-refractivity contribution in [3.05, 3.63) is 48.7 Å². The predicted octanol–water partition coefficient (Wildman–Crippen LogP) is 5.47. The minimum Gasteiger partial charge on any atom is -0.488 e. The van der Waals surface area contributed by atoms with Crippen molar-refractivity contribution in [2.24, 2.45) is 0 Å². The largest absolute Gasteiger partial charge is 0.488 e. The van der Waals surface area contributed by atoms with Gasteiger partial charge in [0.2, 0.25) is 5.95 Å². The van der Waals surface area contributed by atoms with Crippen LogP contribution in [-0.4, -0.2) is 54.2 Å². The van der Waals surface area contributed by atoms with E-state index in [0.717, 1.165) is 61.4 Å². The molecule has 6 nitrogen and oxygen atoms in total. The summed E-state index contributed by atoms with van der Waals surface area (Å²) >= 11 is 0. The van der Waals surface area contributed by atoms with Crippen LogP contribution in [0.25, 0.3) is 10.9 Å². The van der Waals surface area contributed by atoms with E-state index in [1.807, 2.05) is 38.2 Å². The number of hydrogen-bond donors (Lipinski definition) is 1. The zero-order valence-electron chi connectivity index (χ0n) is 19.6. The molecule has 1 saturated carbocycles. The van der Waals surface area contributed by atoms with Crippen LogP contribution in [-0.2, 0) is 0 Å². The highest BCUT2D eigenvalue weighted by Gasteiger charge is 2.18. The van der Waals surface area contributed by atoms with Crippen LogP contribution in [0, 0.1) is 0 Å². The fourth-order valence-electron chi connectivity index (χ4n) is 4.32. The molecule has 1 N–H and O–H groups in total. The number of piperazine rings is 1. The standard InChI is InChI=1S/C24H29N5O.C2H6/c1-28-13-15-29(16-14-28)20-11-9-19(10-12-20)26-24-25-17-18-5-4-8-22(23(18)27-24)30-21-6-2-3-7-21;1-2/h4-5,8-12,17,21H,2-3,6-7,13-16H2,1H3,(H,25,26,27);1-2H3. The molecule has 170 valence electrons. The summed E-state index contributed by atoms with van der Waals surface area (Å²) in [5.41, 5.74) is 3.12. The van der Waals surface area contributed by atoms with Gasteiger partial charge in [0, 0.05) is 49.1 Å². The lowest BCUT2D eigenvalue weighted by molar-refractivity contribution is 0.212. The first-order chi connectivity index (χ1) is 15.7. The summed E-state index contributed by atoms with van der Waals surface area (Å²) in [4.78, 5) is 14.1. The number of para-hydroxylation sites is 1. The molecule has 1 aliphatic carbocycles. The van der Waals surface area contributed by atoms with Crippen molar-refractivity contribution in [2.45, 2.75) is 45.6 Å². The van der Waals surface area contributed by atoms with Crippen LogP contribution in [0.5, 0.6) is 5.75 Å². The van der Waals surface area contributed by atoms with E-state index < -0.39 is 0 Å². The summed E-state index contributed by atoms with van der Waals surface area (Å²) in [6.07, 6.45) is 6.94. The molecule has 0 spiro atoms. The van der Waals surface area contributed by atoms with Crippen LogP contribution in [0.3, 0.4) is 0 Å². The molecular weight excluding hydrogens is 398 g/mol. The van der Waals surface area contributed by atoms with Gasteiger partial charge in [0.15, 0.2) is 0 Å². The van der Waals surface area contributed by atoms with Crippen LogP contribution in [0.4, 0.5) is 17.3 Å². The normalized spacial score (nSPS) is 17.2. The molecule has 1 saturated heterocycles. The van der Waals surface area contributed by atoms with E-state index in [-0.39, 0.29) is 0 Å². The van der Waals surface area contributed by atoms with Gasteiger partial charge in [0.05, 0.1) is 6.10 Å². The van der Waals surface area contributed by atoms with E-state index in [1.165, 1.54) is 18.5 Å². The van der Waals surface area contributed by atoms with Crippen molar-refractivity contribution in [1.29, 1.82) is 0 Å². The average molecular weight is 434 g/mol. The van der Waals surface area contributed by atoms with Gasteiger partial charge < -0.3 is 19.9 Å². The fourth-order valence-corrected chi connectivity index (χ4v) is 4.32. The van der Waals surface area contributed by atoms with E-state index in [9.17, 15) is 0 Å². The Morgan fingerprint density at radius 2 is 1.66 bits per heavy atom. The second kappa shape index (κ2) is 10.6. The SMILES string of the molecule is CC.CN1CCN(c2ccc(Nc3ncc4cccc(OC5CCCC5)c4n3)cc2)CC1. The summed E-state index contributed by atoms with van der Waals surface area (Å²) in [7, 11) is 2.18. The Morgan fingerprint density at radius 3 is 2.38 bits per heavy atom. The second-order valence-corrected chi connectivity index (χ2v) is 8.37. The molecule has 2 aromatic carbocycles. The number of anilines is 3. The van der Waals surface area contributed by atoms with Crippen LogP contribution >= 0.6 is 0 Å². The third kappa shape index (κ3) is 5.30. The topological polar surface area (TPSA) is 53.5 Å². The lowest BCUT2D eigenvalue weighted by atomic mass is 10.2. The highest BCUT2D eigenvalue weighted by molar-refractivity contribution is 5.85. The van der Waals surface area contributed by atoms with Crippen LogP contribution in [0.1, 0.15) is 39.5 Å².